The molecule has 1 unspecified atom stereocenters. The van der Waals surface area contributed by atoms with Crippen LogP contribution in [0.25, 0.3) is 0 Å². The van der Waals surface area contributed by atoms with Crippen LogP contribution in [0.3, 0.4) is 0 Å². The van der Waals surface area contributed by atoms with Crippen LogP contribution in [-0.4, -0.2) is 15.0 Å². The SMILES string of the molecule is O=S(=O)(NCC1CC=CCC1)c1ccc(Br)cc1. The minimum absolute atomic E-state index is 0.317. The number of halogens is 1. The van der Waals surface area contributed by atoms with E-state index in [9.17, 15) is 8.42 Å². The minimum Gasteiger partial charge on any atom is -0.211 e. The molecule has 1 aliphatic rings. The summed E-state index contributed by atoms with van der Waals surface area (Å²) in [6.07, 6.45) is 7.34. The molecule has 1 N–H and O–H groups in total. The topological polar surface area (TPSA) is 46.2 Å². The van der Waals surface area contributed by atoms with E-state index in [1.54, 1.807) is 24.3 Å². The Bertz CT molecular complexity index is 522. The lowest BCUT2D eigenvalue weighted by Gasteiger charge is -2.18. The summed E-state index contributed by atoms with van der Waals surface area (Å²) in [7, 11) is -3.37. The fraction of sp³-hybridized carbons (Fsp3) is 0.385. The van der Waals surface area contributed by atoms with Crippen molar-refractivity contribution in [1.29, 1.82) is 0 Å². The van der Waals surface area contributed by atoms with E-state index in [4.69, 9.17) is 0 Å². The van der Waals surface area contributed by atoms with E-state index >= 15 is 0 Å². The second-order valence-electron chi connectivity index (χ2n) is 4.46. The van der Waals surface area contributed by atoms with Crippen molar-refractivity contribution in [3.05, 3.63) is 40.9 Å². The highest BCUT2D eigenvalue weighted by Crippen LogP contribution is 2.19. The van der Waals surface area contributed by atoms with Crippen molar-refractivity contribution in [1.82, 2.24) is 4.72 Å². The first kappa shape index (κ1) is 13.8. The molecular formula is C13H16BrNO2S. The summed E-state index contributed by atoms with van der Waals surface area (Å²) in [6.45, 7) is 0.517. The van der Waals surface area contributed by atoms with Crippen LogP contribution in [0.2, 0.25) is 0 Å². The zero-order valence-corrected chi connectivity index (χ0v) is 12.4. The molecule has 3 nitrogen and oxygen atoms in total. The van der Waals surface area contributed by atoms with Gasteiger partial charge < -0.3 is 0 Å². The molecule has 0 radical (unpaired) electrons. The Morgan fingerprint density at radius 1 is 1.22 bits per heavy atom. The van der Waals surface area contributed by atoms with Gasteiger partial charge in [0, 0.05) is 11.0 Å². The molecule has 1 aliphatic carbocycles. The van der Waals surface area contributed by atoms with E-state index in [0.717, 1.165) is 23.7 Å². The molecule has 18 heavy (non-hydrogen) atoms. The number of sulfonamides is 1. The van der Waals surface area contributed by atoms with Gasteiger partial charge in [-0.3, -0.25) is 0 Å². The van der Waals surface area contributed by atoms with Gasteiger partial charge in [-0.25, -0.2) is 13.1 Å². The highest BCUT2D eigenvalue weighted by atomic mass is 79.9. The summed E-state index contributed by atoms with van der Waals surface area (Å²) in [4.78, 5) is 0.317. The Hall–Kier alpha value is -0.650. The van der Waals surface area contributed by atoms with Crippen LogP contribution in [0, 0.1) is 5.92 Å². The molecule has 0 aromatic heterocycles. The Morgan fingerprint density at radius 3 is 2.56 bits per heavy atom. The maximum absolute atomic E-state index is 12.0. The van der Waals surface area contributed by atoms with Gasteiger partial charge in [0.05, 0.1) is 4.90 Å². The fourth-order valence-corrected chi connectivity index (χ4v) is 3.35. The molecular weight excluding hydrogens is 314 g/mol. The van der Waals surface area contributed by atoms with Gasteiger partial charge in [0.2, 0.25) is 10.0 Å². The Morgan fingerprint density at radius 2 is 1.94 bits per heavy atom. The molecule has 0 fully saturated rings. The lowest BCUT2D eigenvalue weighted by atomic mass is 9.95. The third kappa shape index (κ3) is 3.67. The van der Waals surface area contributed by atoms with Crippen molar-refractivity contribution in [2.24, 2.45) is 5.92 Å². The zero-order valence-electron chi connectivity index (χ0n) is 9.97. The number of hydrogen-bond donors (Lipinski definition) is 1. The Labute approximate surface area is 116 Å². The van der Waals surface area contributed by atoms with Crippen LogP contribution in [0.4, 0.5) is 0 Å². The van der Waals surface area contributed by atoms with Crippen molar-refractivity contribution < 1.29 is 8.42 Å². The molecule has 98 valence electrons. The summed E-state index contributed by atoms with van der Waals surface area (Å²) < 4.78 is 27.6. The standard InChI is InChI=1S/C13H16BrNO2S/c14-12-6-8-13(9-7-12)18(16,17)15-10-11-4-2-1-3-5-11/h1-2,6-9,11,15H,3-5,10H2. The molecule has 5 heteroatoms. The fourth-order valence-electron chi connectivity index (χ4n) is 1.97. The maximum Gasteiger partial charge on any atom is 0.240 e. The van der Waals surface area contributed by atoms with Gasteiger partial charge in [-0.15, -0.1) is 0 Å². The van der Waals surface area contributed by atoms with Gasteiger partial charge >= 0.3 is 0 Å². The van der Waals surface area contributed by atoms with Crippen LogP contribution in [0.1, 0.15) is 19.3 Å². The molecule has 2 rings (SSSR count). The third-order valence-corrected chi connectivity index (χ3v) is 5.03. The van der Waals surface area contributed by atoms with Gasteiger partial charge in [-0.2, -0.15) is 0 Å². The van der Waals surface area contributed by atoms with E-state index in [-0.39, 0.29) is 0 Å². The van der Waals surface area contributed by atoms with Gasteiger partial charge in [-0.05, 0) is 49.4 Å². The molecule has 0 saturated heterocycles. The zero-order chi connectivity index (χ0) is 13.0. The second kappa shape index (κ2) is 5.99. The quantitative estimate of drug-likeness (QED) is 0.863. The average molecular weight is 330 g/mol. The number of benzene rings is 1. The molecule has 0 aliphatic heterocycles. The predicted molar refractivity (Wildman–Crippen MR) is 75.8 cm³/mol. The van der Waals surface area contributed by atoms with E-state index < -0.39 is 10.0 Å². The van der Waals surface area contributed by atoms with Gasteiger partial charge in [0.15, 0.2) is 0 Å². The molecule has 0 bridgehead atoms. The number of allylic oxidation sites excluding steroid dienone is 2. The van der Waals surface area contributed by atoms with Crippen molar-refractivity contribution in [2.75, 3.05) is 6.54 Å². The molecule has 1 aromatic carbocycles. The maximum atomic E-state index is 12.0. The molecule has 0 heterocycles. The molecule has 0 spiro atoms. The lowest BCUT2D eigenvalue weighted by molar-refractivity contribution is 0.468. The van der Waals surface area contributed by atoms with Gasteiger partial charge in [-0.1, -0.05) is 28.1 Å². The Kier molecular flexibility index (Phi) is 4.59. The summed E-state index contributed by atoms with van der Waals surface area (Å²) >= 11 is 3.29. The first-order chi connectivity index (χ1) is 8.58. The van der Waals surface area contributed by atoms with Crippen LogP contribution < -0.4 is 4.72 Å². The minimum atomic E-state index is -3.37. The summed E-state index contributed by atoms with van der Waals surface area (Å²) in [5, 5.41) is 0. The van der Waals surface area contributed by atoms with Crippen molar-refractivity contribution in [3.63, 3.8) is 0 Å². The highest BCUT2D eigenvalue weighted by Gasteiger charge is 2.17. The highest BCUT2D eigenvalue weighted by molar-refractivity contribution is 9.10. The van der Waals surface area contributed by atoms with Crippen molar-refractivity contribution in [3.8, 4) is 0 Å². The van der Waals surface area contributed by atoms with E-state index in [1.807, 2.05) is 0 Å². The smallest absolute Gasteiger partial charge is 0.211 e. The first-order valence-corrected chi connectivity index (χ1v) is 8.26. The first-order valence-electron chi connectivity index (χ1n) is 5.98. The van der Waals surface area contributed by atoms with Crippen LogP contribution in [-0.2, 0) is 10.0 Å². The van der Waals surface area contributed by atoms with Gasteiger partial charge in [0.25, 0.3) is 0 Å². The molecule has 1 aromatic rings. The lowest BCUT2D eigenvalue weighted by Crippen LogP contribution is -2.29. The summed E-state index contributed by atoms with van der Waals surface area (Å²) in [6, 6.07) is 6.68. The molecule has 1 atom stereocenters. The average Bonchev–Trinajstić information content (AvgIpc) is 2.38. The predicted octanol–water partition coefficient (Wildman–Crippen LogP) is 3.08. The summed E-state index contributed by atoms with van der Waals surface area (Å²) in [5.41, 5.74) is 0. The normalized spacial score (nSPS) is 19.9. The number of nitrogens with one attached hydrogen (secondary N) is 1. The van der Waals surface area contributed by atoms with E-state index in [2.05, 4.69) is 32.8 Å². The largest absolute Gasteiger partial charge is 0.240 e. The third-order valence-electron chi connectivity index (χ3n) is 3.06. The van der Waals surface area contributed by atoms with Crippen molar-refractivity contribution in [2.45, 2.75) is 24.2 Å². The number of hydrogen-bond acceptors (Lipinski definition) is 2. The van der Waals surface area contributed by atoms with Gasteiger partial charge in [0.1, 0.15) is 0 Å². The monoisotopic (exact) mass is 329 g/mol. The second-order valence-corrected chi connectivity index (χ2v) is 7.14. The molecule has 0 saturated carbocycles. The number of rotatable bonds is 4. The Balaban J connectivity index is 1.99. The van der Waals surface area contributed by atoms with Crippen LogP contribution >= 0.6 is 15.9 Å². The summed E-state index contributed by atoms with van der Waals surface area (Å²) in [5.74, 6) is 0.417. The van der Waals surface area contributed by atoms with Crippen LogP contribution in [0.15, 0.2) is 45.8 Å². The van der Waals surface area contributed by atoms with E-state index in [0.29, 0.717) is 17.4 Å². The van der Waals surface area contributed by atoms with Crippen molar-refractivity contribution >= 4 is 26.0 Å². The van der Waals surface area contributed by atoms with Crippen LogP contribution in [0.5, 0.6) is 0 Å². The molecule has 0 amide bonds. The van der Waals surface area contributed by atoms with E-state index in [1.165, 1.54) is 0 Å².